The summed E-state index contributed by atoms with van der Waals surface area (Å²) in [6.45, 7) is 2.88. The van der Waals surface area contributed by atoms with Crippen molar-refractivity contribution in [3.8, 4) is 11.8 Å². The van der Waals surface area contributed by atoms with Gasteiger partial charge < -0.3 is 5.11 Å². The van der Waals surface area contributed by atoms with E-state index >= 15 is 0 Å². The predicted molar refractivity (Wildman–Crippen MR) is 70.7 cm³/mol. The smallest absolute Gasteiger partial charge is 0.244 e. The number of rotatable bonds is 2. The summed E-state index contributed by atoms with van der Waals surface area (Å²) >= 11 is 0. The molecule has 1 aromatic heterocycles. The molecular formula is C13H16N2O3S. The Kier molecular flexibility index (Phi) is 4.20. The van der Waals surface area contributed by atoms with Crippen LogP contribution in [-0.4, -0.2) is 42.5 Å². The molecule has 0 aliphatic carbocycles. The van der Waals surface area contributed by atoms with E-state index < -0.39 is 10.0 Å². The standard InChI is InChI=1S/C13H16N2O3S/c1-11-4-5-15(10-11)19(17,18)13-7-12(3-2-6-16)8-14-9-13/h7-9,11,16H,4-6,10H2,1H3. The number of pyridine rings is 1. The summed E-state index contributed by atoms with van der Waals surface area (Å²) in [4.78, 5) is 4.06. The molecule has 1 atom stereocenters. The minimum absolute atomic E-state index is 0.159. The highest BCUT2D eigenvalue weighted by Crippen LogP contribution is 2.23. The Morgan fingerprint density at radius 2 is 2.32 bits per heavy atom. The molecule has 0 bridgehead atoms. The predicted octanol–water partition coefficient (Wildman–Crippen LogP) is 0.456. The first-order chi connectivity index (χ1) is 9.04. The molecule has 1 N–H and O–H groups in total. The monoisotopic (exact) mass is 280 g/mol. The third-order valence-corrected chi connectivity index (χ3v) is 4.88. The van der Waals surface area contributed by atoms with E-state index in [0.717, 1.165) is 6.42 Å². The second kappa shape index (κ2) is 5.70. The van der Waals surface area contributed by atoms with Crippen molar-refractivity contribution < 1.29 is 13.5 Å². The van der Waals surface area contributed by atoms with Crippen molar-refractivity contribution in [3.63, 3.8) is 0 Å². The molecule has 0 radical (unpaired) electrons. The van der Waals surface area contributed by atoms with Gasteiger partial charge in [0.25, 0.3) is 0 Å². The van der Waals surface area contributed by atoms with Crippen molar-refractivity contribution in [1.29, 1.82) is 0 Å². The molecule has 0 spiro atoms. The lowest BCUT2D eigenvalue weighted by molar-refractivity contribution is 0.350. The van der Waals surface area contributed by atoms with Gasteiger partial charge in [0.2, 0.25) is 10.0 Å². The van der Waals surface area contributed by atoms with Crippen LogP contribution in [0.2, 0.25) is 0 Å². The summed E-state index contributed by atoms with van der Waals surface area (Å²) in [7, 11) is -3.48. The van der Waals surface area contributed by atoms with Crippen LogP contribution in [-0.2, 0) is 10.0 Å². The highest BCUT2D eigenvalue weighted by atomic mass is 32.2. The Morgan fingerprint density at radius 3 is 2.95 bits per heavy atom. The van der Waals surface area contributed by atoms with E-state index in [4.69, 9.17) is 5.11 Å². The third kappa shape index (κ3) is 3.13. The number of aromatic nitrogens is 1. The second-order valence-electron chi connectivity index (χ2n) is 4.63. The van der Waals surface area contributed by atoms with E-state index in [0.29, 0.717) is 24.6 Å². The van der Waals surface area contributed by atoms with Gasteiger partial charge >= 0.3 is 0 Å². The average Bonchev–Trinajstić information content (AvgIpc) is 2.84. The first-order valence-electron chi connectivity index (χ1n) is 6.09. The maximum atomic E-state index is 12.4. The largest absolute Gasteiger partial charge is 0.384 e. The van der Waals surface area contributed by atoms with Crippen LogP contribution in [0.4, 0.5) is 0 Å². The summed E-state index contributed by atoms with van der Waals surface area (Å²) in [6, 6.07) is 1.49. The van der Waals surface area contributed by atoms with Crippen LogP contribution < -0.4 is 0 Å². The molecule has 0 saturated carbocycles. The number of sulfonamides is 1. The van der Waals surface area contributed by atoms with Crippen molar-refractivity contribution in [2.24, 2.45) is 5.92 Å². The molecule has 1 fully saturated rings. The fourth-order valence-corrected chi connectivity index (χ4v) is 3.60. The molecule has 2 rings (SSSR count). The van der Waals surface area contributed by atoms with Gasteiger partial charge in [-0.3, -0.25) is 4.98 Å². The number of hydrogen-bond donors (Lipinski definition) is 1. The molecule has 0 aromatic carbocycles. The molecule has 1 aliphatic heterocycles. The van der Waals surface area contributed by atoms with E-state index in [-0.39, 0.29) is 11.5 Å². The van der Waals surface area contributed by atoms with E-state index in [9.17, 15) is 8.42 Å². The van der Waals surface area contributed by atoms with Gasteiger partial charge in [-0.2, -0.15) is 4.31 Å². The van der Waals surface area contributed by atoms with Crippen LogP contribution >= 0.6 is 0 Å². The lowest BCUT2D eigenvalue weighted by Crippen LogP contribution is -2.28. The fraction of sp³-hybridized carbons (Fsp3) is 0.462. The van der Waals surface area contributed by atoms with E-state index in [1.165, 1.54) is 22.8 Å². The van der Waals surface area contributed by atoms with Gasteiger partial charge in [-0.05, 0) is 18.4 Å². The minimum atomic E-state index is -3.48. The van der Waals surface area contributed by atoms with Gasteiger partial charge in [0, 0.05) is 31.0 Å². The number of aliphatic hydroxyl groups is 1. The Balaban J connectivity index is 2.30. The summed E-state index contributed by atoms with van der Waals surface area (Å²) in [6.07, 6.45) is 3.70. The average molecular weight is 280 g/mol. The highest BCUT2D eigenvalue weighted by molar-refractivity contribution is 7.89. The molecule has 102 valence electrons. The minimum Gasteiger partial charge on any atom is -0.384 e. The Labute approximate surface area is 113 Å². The molecule has 1 saturated heterocycles. The fourth-order valence-electron chi connectivity index (χ4n) is 2.03. The van der Waals surface area contributed by atoms with Crippen molar-refractivity contribution in [3.05, 3.63) is 24.0 Å². The maximum Gasteiger partial charge on any atom is 0.244 e. The normalized spacial score (nSPS) is 20.0. The topological polar surface area (TPSA) is 70.5 Å². The van der Waals surface area contributed by atoms with Crippen LogP contribution in [0.1, 0.15) is 18.9 Å². The van der Waals surface area contributed by atoms with Crippen molar-refractivity contribution in [2.45, 2.75) is 18.2 Å². The van der Waals surface area contributed by atoms with Gasteiger partial charge in [-0.25, -0.2) is 8.42 Å². The molecule has 1 aliphatic rings. The SMILES string of the molecule is CC1CCN(S(=O)(=O)c2cncc(C#CCO)c2)C1. The summed E-state index contributed by atoms with van der Waals surface area (Å²) in [5, 5.41) is 8.64. The molecule has 6 heteroatoms. The molecule has 2 heterocycles. The zero-order valence-corrected chi connectivity index (χ0v) is 11.5. The maximum absolute atomic E-state index is 12.4. The lowest BCUT2D eigenvalue weighted by atomic mass is 10.2. The molecule has 0 amide bonds. The van der Waals surface area contributed by atoms with E-state index in [1.807, 2.05) is 6.92 Å². The van der Waals surface area contributed by atoms with Gasteiger partial charge in [-0.1, -0.05) is 18.8 Å². The molecule has 19 heavy (non-hydrogen) atoms. The Morgan fingerprint density at radius 1 is 1.53 bits per heavy atom. The summed E-state index contributed by atoms with van der Waals surface area (Å²) < 4.78 is 26.3. The second-order valence-corrected chi connectivity index (χ2v) is 6.56. The molecule has 1 aromatic rings. The first-order valence-corrected chi connectivity index (χ1v) is 7.53. The van der Waals surface area contributed by atoms with Crippen molar-refractivity contribution in [1.82, 2.24) is 9.29 Å². The first kappa shape index (κ1) is 14.0. The van der Waals surface area contributed by atoms with E-state index in [2.05, 4.69) is 16.8 Å². The van der Waals surface area contributed by atoms with Crippen LogP contribution in [0.3, 0.4) is 0 Å². The zero-order valence-electron chi connectivity index (χ0n) is 10.7. The number of nitrogens with zero attached hydrogens (tertiary/aromatic N) is 2. The lowest BCUT2D eigenvalue weighted by Gasteiger charge is -2.15. The van der Waals surface area contributed by atoms with Crippen LogP contribution in [0.5, 0.6) is 0 Å². The van der Waals surface area contributed by atoms with E-state index in [1.54, 1.807) is 0 Å². The third-order valence-electron chi connectivity index (χ3n) is 3.05. The van der Waals surface area contributed by atoms with Crippen molar-refractivity contribution >= 4 is 10.0 Å². The molecule has 1 unspecified atom stereocenters. The molecular weight excluding hydrogens is 264 g/mol. The van der Waals surface area contributed by atoms with Gasteiger partial charge in [0.1, 0.15) is 11.5 Å². The Bertz CT molecular complexity index is 616. The van der Waals surface area contributed by atoms with Gasteiger partial charge in [-0.15, -0.1) is 0 Å². The quantitative estimate of drug-likeness (QED) is 0.799. The summed E-state index contributed by atoms with van der Waals surface area (Å²) in [5.41, 5.74) is 0.488. The van der Waals surface area contributed by atoms with Crippen LogP contribution in [0.15, 0.2) is 23.4 Å². The van der Waals surface area contributed by atoms with Crippen molar-refractivity contribution in [2.75, 3.05) is 19.7 Å². The summed E-state index contributed by atoms with van der Waals surface area (Å²) in [5.74, 6) is 5.53. The zero-order chi connectivity index (χ0) is 13.9. The van der Waals surface area contributed by atoms with Crippen LogP contribution in [0, 0.1) is 17.8 Å². The van der Waals surface area contributed by atoms with Crippen LogP contribution in [0.25, 0.3) is 0 Å². The van der Waals surface area contributed by atoms with Gasteiger partial charge in [0.15, 0.2) is 0 Å². The number of hydrogen-bond acceptors (Lipinski definition) is 4. The highest BCUT2D eigenvalue weighted by Gasteiger charge is 2.30. The van der Waals surface area contributed by atoms with Gasteiger partial charge in [0.05, 0.1) is 0 Å². The molecule has 5 nitrogen and oxygen atoms in total. The Hall–Kier alpha value is -1.42. The number of aliphatic hydroxyl groups excluding tert-OH is 1.